The molecule has 3 aliphatic rings. The van der Waals surface area contributed by atoms with Crippen molar-refractivity contribution in [3.63, 3.8) is 0 Å². The van der Waals surface area contributed by atoms with E-state index >= 15 is 0 Å². The Morgan fingerprint density at radius 2 is 1.50 bits per heavy atom. The second kappa shape index (κ2) is 24.8. The van der Waals surface area contributed by atoms with Gasteiger partial charge in [-0.2, -0.15) is 0 Å². The van der Waals surface area contributed by atoms with Crippen LogP contribution in [0.25, 0.3) is 10.9 Å². The van der Waals surface area contributed by atoms with Crippen LogP contribution in [0.2, 0.25) is 0 Å². The van der Waals surface area contributed by atoms with Crippen LogP contribution in [0.1, 0.15) is 93.0 Å². The number of hydrogen-bond donors (Lipinski definition) is 2. The van der Waals surface area contributed by atoms with Crippen LogP contribution in [-0.2, 0) is 50.9 Å². The quantitative estimate of drug-likeness (QED) is 0.0416. The number of aryl methyl sites for hydroxylation is 1. The SMILES string of the molecule is O=C1CCC(N2C(=O)c3cccc(CCCOCCOCCOCCOCCOCCOCC(F)CCC(=O)c4cnc(Cc5ccc6cnccc6n5)cc4NC4CC4)c3C2=O)C(=O)N1. The molecule has 1 aliphatic carbocycles. The lowest BCUT2D eigenvalue weighted by Crippen LogP contribution is -2.54. The lowest BCUT2D eigenvalue weighted by molar-refractivity contribution is -0.136. The highest BCUT2D eigenvalue weighted by Crippen LogP contribution is 2.31. The lowest BCUT2D eigenvalue weighted by Gasteiger charge is -2.27. The summed E-state index contributed by atoms with van der Waals surface area (Å²) in [5.41, 5.74) is 5.01. The maximum atomic E-state index is 14.7. The molecule has 66 heavy (non-hydrogen) atoms. The molecule has 5 heterocycles. The van der Waals surface area contributed by atoms with Gasteiger partial charge in [-0.15, -0.1) is 0 Å². The molecule has 18 heteroatoms. The molecule has 352 valence electrons. The standard InChI is InChI=1S/C48H57FN6O11/c49-34(7-12-43(56)39-30-51-37(28-41(39)52-35-9-10-35)27-36-8-6-33-29-50-15-14-40(33)53-36)31-66-26-25-65-24-23-64-22-21-63-20-19-62-18-17-61-16-2-4-32-3-1-5-38-45(32)48(60)55(47(38)59)42-11-13-44(57)54-46(42)58/h1,3,5-6,8,14-15,28-30,34-35,42H,2,4,7,9-13,16-27,31H2,(H,51,52)(H,54,57,58). The number of nitrogens with zero attached hydrogens (tertiary/aromatic N) is 4. The summed E-state index contributed by atoms with van der Waals surface area (Å²) in [6.45, 7) is 3.91. The summed E-state index contributed by atoms with van der Waals surface area (Å²) in [5.74, 6) is -2.24. The number of ketones is 1. The van der Waals surface area contributed by atoms with Gasteiger partial charge < -0.3 is 33.7 Å². The number of fused-ring (bicyclic) bond motifs is 2. The van der Waals surface area contributed by atoms with E-state index in [-0.39, 0.29) is 56.9 Å². The number of nitrogens with one attached hydrogen (secondary N) is 2. The molecule has 1 aromatic carbocycles. The highest BCUT2D eigenvalue weighted by atomic mass is 19.1. The summed E-state index contributed by atoms with van der Waals surface area (Å²) < 4.78 is 47.9. The highest BCUT2D eigenvalue weighted by Gasteiger charge is 2.45. The number of pyridine rings is 3. The molecule has 0 spiro atoms. The molecular weight excluding hydrogens is 856 g/mol. The summed E-state index contributed by atoms with van der Waals surface area (Å²) in [4.78, 5) is 77.7. The van der Waals surface area contributed by atoms with Gasteiger partial charge in [-0.3, -0.25) is 49.1 Å². The van der Waals surface area contributed by atoms with E-state index in [9.17, 15) is 28.4 Å². The number of amides is 4. The Labute approximate surface area is 382 Å². The van der Waals surface area contributed by atoms with Crippen LogP contribution in [0, 0.1) is 0 Å². The number of alkyl halides is 1. The minimum absolute atomic E-state index is 0.0426. The van der Waals surface area contributed by atoms with Gasteiger partial charge in [0.25, 0.3) is 11.8 Å². The van der Waals surface area contributed by atoms with Gasteiger partial charge in [-0.25, -0.2) is 4.39 Å². The van der Waals surface area contributed by atoms with Crippen LogP contribution in [-0.4, -0.2) is 147 Å². The Bertz CT molecular complexity index is 2310. The average molecular weight is 913 g/mol. The monoisotopic (exact) mass is 912 g/mol. The van der Waals surface area contributed by atoms with Crippen molar-refractivity contribution in [2.75, 3.05) is 84.6 Å². The lowest BCUT2D eigenvalue weighted by atomic mass is 9.99. The number of rotatable bonds is 30. The topological polar surface area (TPSA) is 207 Å². The number of piperidine rings is 1. The first kappa shape index (κ1) is 48.3. The summed E-state index contributed by atoms with van der Waals surface area (Å²) in [5, 5.41) is 6.62. The second-order valence-corrected chi connectivity index (χ2v) is 16.3. The predicted octanol–water partition coefficient (Wildman–Crippen LogP) is 4.62. The number of imide groups is 2. The van der Waals surface area contributed by atoms with Gasteiger partial charge >= 0.3 is 0 Å². The molecular formula is C48H57FN6O11. The van der Waals surface area contributed by atoms with Gasteiger partial charge in [-0.1, -0.05) is 12.1 Å². The minimum atomic E-state index is -1.29. The van der Waals surface area contributed by atoms with Crippen LogP contribution in [0.4, 0.5) is 10.1 Å². The van der Waals surface area contributed by atoms with E-state index in [2.05, 4.69) is 20.6 Å². The molecule has 0 radical (unpaired) electrons. The Hall–Kier alpha value is -5.63. The van der Waals surface area contributed by atoms with Gasteiger partial charge in [-0.05, 0) is 74.4 Å². The first-order valence-corrected chi connectivity index (χ1v) is 22.7. The number of carbonyl (C=O) groups excluding carboxylic acids is 5. The number of hydrogen-bond acceptors (Lipinski definition) is 15. The number of aromatic nitrogens is 3. The van der Waals surface area contributed by atoms with E-state index in [0.717, 1.165) is 45.7 Å². The van der Waals surface area contributed by atoms with Crippen LogP contribution < -0.4 is 10.6 Å². The second-order valence-electron chi connectivity index (χ2n) is 16.3. The van der Waals surface area contributed by atoms with Gasteiger partial charge in [0, 0.05) is 73.0 Å². The molecule has 7 rings (SSSR count). The summed E-state index contributed by atoms with van der Waals surface area (Å²) >= 11 is 0. The zero-order chi connectivity index (χ0) is 46.1. The molecule has 0 bridgehead atoms. The maximum Gasteiger partial charge on any atom is 0.262 e. The van der Waals surface area contributed by atoms with Gasteiger partial charge in [0.15, 0.2) is 5.78 Å². The predicted molar refractivity (Wildman–Crippen MR) is 238 cm³/mol. The number of benzene rings is 1. The summed E-state index contributed by atoms with van der Waals surface area (Å²) in [7, 11) is 0. The number of halogens is 1. The van der Waals surface area contributed by atoms with Gasteiger partial charge in [0.2, 0.25) is 11.8 Å². The van der Waals surface area contributed by atoms with Crippen molar-refractivity contribution in [3.8, 4) is 0 Å². The third-order valence-corrected chi connectivity index (χ3v) is 11.2. The third kappa shape index (κ3) is 13.9. The van der Waals surface area contributed by atoms with Crippen molar-refractivity contribution in [1.29, 1.82) is 0 Å². The maximum absolute atomic E-state index is 14.7. The Morgan fingerprint density at radius 1 is 0.803 bits per heavy atom. The molecule has 2 fully saturated rings. The van der Waals surface area contributed by atoms with E-state index in [4.69, 9.17) is 33.4 Å². The molecule has 1 saturated heterocycles. The van der Waals surface area contributed by atoms with E-state index in [1.54, 1.807) is 36.8 Å². The first-order chi connectivity index (χ1) is 32.2. The van der Waals surface area contributed by atoms with E-state index in [1.165, 1.54) is 0 Å². The fourth-order valence-corrected chi connectivity index (χ4v) is 7.65. The minimum Gasteiger partial charge on any atom is -0.382 e. The van der Waals surface area contributed by atoms with Crippen LogP contribution >= 0.6 is 0 Å². The molecule has 4 aromatic rings. The number of carbonyl (C=O) groups is 5. The molecule has 17 nitrogen and oxygen atoms in total. The summed E-state index contributed by atoms with van der Waals surface area (Å²) in [6, 6.07) is 12.1. The Kier molecular flexibility index (Phi) is 18.1. The van der Waals surface area contributed by atoms with Gasteiger partial charge in [0.05, 0.1) is 94.9 Å². The van der Waals surface area contributed by atoms with Crippen molar-refractivity contribution < 1.29 is 56.8 Å². The van der Waals surface area contributed by atoms with Crippen molar-refractivity contribution in [3.05, 3.63) is 94.7 Å². The summed E-state index contributed by atoms with van der Waals surface area (Å²) in [6.07, 6.45) is 7.79. The molecule has 4 amide bonds. The zero-order valence-electron chi connectivity index (χ0n) is 37.0. The zero-order valence-corrected chi connectivity index (χ0v) is 37.0. The van der Waals surface area contributed by atoms with Crippen LogP contribution in [0.5, 0.6) is 0 Å². The molecule has 2 atom stereocenters. The molecule has 1 saturated carbocycles. The number of Topliss-reactive ketones (excluding diaryl/α,β-unsaturated/α-hetero) is 1. The van der Waals surface area contributed by atoms with Gasteiger partial charge in [0.1, 0.15) is 12.2 Å². The third-order valence-electron chi connectivity index (χ3n) is 11.2. The normalized spacial score (nSPS) is 16.5. The fraction of sp³-hybridized carbons (Fsp3) is 0.500. The van der Waals surface area contributed by atoms with E-state index in [0.29, 0.717) is 101 Å². The van der Waals surface area contributed by atoms with Crippen molar-refractivity contribution in [2.45, 2.75) is 76.0 Å². The number of ether oxygens (including phenoxy) is 6. The van der Waals surface area contributed by atoms with E-state index < -0.39 is 35.8 Å². The first-order valence-electron chi connectivity index (χ1n) is 22.7. The highest BCUT2D eigenvalue weighted by molar-refractivity contribution is 6.24. The number of anilines is 1. The molecule has 3 aromatic heterocycles. The molecule has 2 unspecified atom stereocenters. The molecule has 2 aliphatic heterocycles. The van der Waals surface area contributed by atoms with Crippen LogP contribution in [0.3, 0.4) is 0 Å². The van der Waals surface area contributed by atoms with Crippen LogP contribution in [0.15, 0.2) is 61.1 Å². The van der Waals surface area contributed by atoms with Crippen molar-refractivity contribution >= 4 is 46.0 Å². The fourth-order valence-electron chi connectivity index (χ4n) is 7.65. The van der Waals surface area contributed by atoms with E-state index in [1.807, 2.05) is 24.3 Å². The van der Waals surface area contributed by atoms with Crippen molar-refractivity contribution in [1.82, 2.24) is 25.2 Å². The largest absolute Gasteiger partial charge is 0.382 e. The molecule has 2 N–H and O–H groups in total. The smallest absolute Gasteiger partial charge is 0.262 e. The Balaban J connectivity index is 0.651. The van der Waals surface area contributed by atoms with Crippen molar-refractivity contribution in [2.24, 2.45) is 0 Å². The Morgan fingerprint density at radius 3 is 2.20 bits per heavy atom. The average Bonchev–Trinajstić information content (AvgIpc) is 4.10.